The topological polar surface area (TPSA) is 44.3 Å². The molecule has 0 unspecified atom stereocenters. The molecule has 6 heteroatoms. The maximum absolute atomic E-state index is 13.0. The number of hydrogen-bond acceptors (Lipinski definition) is 5. The first-order valence-corrected chi connectivity index (χ1v) is 9.58. The van der Waals surface area contributed by atoms with E-state index in [-0.39, 0.29) is 5.82 Å². The second-order valence-corrected chi connectivity index (χ2v) is 6.99. The molecule has 1 saturated heterocycles. The molecule has 28 heavy (non-hydrogen) atoms. The quantitative estimate of drug-likeness (QED) is 0.712. The number of nitrogens with one attached hydrogen (secondary N) is 1. The summed E-state index contributed by atoms with van der Waals surface area (Å²) < 4.78 is 13.0. The third kappa shape index (κ3) is 4.84. The van der Waals surface area contributed by atoms with Crippen molar-refractivity contribution in [1.82, 2.24) is 14.9 Å². The Hall–Kier alpha value is -2.99. The normalized spacial score (nSPS) is 14.8. The average molecular weight is 377 g/mol. The highest BCUT2D eigenvalue weighted by atomic mass is 19.1. The molecule has 1 aromatic heterocycles. The molecule has 1 aliphatic heterocycles. The Labute approximate surface area is 164 Å². The zero-order chi connectivity index (χ0) is 19.2. The van der Waals surface area contributed by atoms with E-state index in [1.165, 1.54) is 17.7 Å². The van der Waals surface area contributed by atoms with E-state index in [2.05, 4.69) is 55.4 Å². The van der Waals surface area contributed by atoms with Crippen LogP contribution in [-0.2, 0) is 13.1 Å². The van der Waals surface area contributed by atoms with Crippen LogP contribution in [-0.4, -0.2) is 41.0 Å². The highest BCUT2D eigenvalue weighted by molar-refractivity contribution is 5.49. The zero-order valence-electron chi connectivity index (χ0n) is 15.8. The monoisotopic (exact) mass is 377 g/mol. The van der Waals surface area contributed by atoms with Gasteiger partial charge in [0.1, 0.15) is 23.8 Å². The van der Waals surface area contributed by atoms with E-state index >= 15 is 0 Å². The van der Waals surface area contributed by atoms with Gasteiger partial charge in [-0.2, -0.15) is 0 Å². The molecule has 144 valence electrons. The number of rotatable bonds is 6. The summed E-state index contributed by atoms with van der Waals surface area (Å²) in [7, 11) is 0. The van der Waals surface area contributed by atoms with Gasteiger partial charge in [0.2, 0.25) is 0 Å². The van der Waals surface area contributed by atoms with Crippen molar-refractivity contribution in [3.8, 4) is 0 Å². The second-order valence-electron chi connectivity index (χ2n) is 6.99. The molecular weight excluding hydrogens is 353 g/mol. The summed E-state index contributed by atoms with van der Waals surface area (Å²) in [5.74, 6) is 1.50. The first-order chi connectivity index (χ1) is 13.8. The van der Waals surface area contributed by atoms with Crippen molar-refractivity contribution in [2.75, 3.05) is 36.4 Å². The minimum atomic E-state index is -0.223. The Morgan fingerprint density at radius 2 is 1.61 bits per heavy atom. The maximum atomic E-state index is 13.0. The lowest BCUT2D eigenvalue weighted by molar-refractivity contribution is 0.249. The van der Waals surface area contributed by atoms with Gasteiger partial charge in [-0.25, -0.2) is 14.4 Å². The standard InChI is InChI=1S/C22H24FN5/c23-20-8-6-18(7-9-20)15-24-21-14-22(26-17-25-21)28-12-10-27(11-13-28)16-19-4-2-1-3-5-19/h1-9,14,17H,10-13,15-16H2,(H,24,25,26). The summed E-state index contributed by atoms with van der Waals surface area (Å²) in [6.07, 6.45) is 1.60. The fourth-order valence-corrected chi connectivity index (χ4v) is 3.39. The van der Waals surface area contributed by atoms with Crippen molar-refractivity contribution >= 4 is 11.6 Å². The molecule has 0 aliphatic carbocycles. The van der Waals surface area contributed by atoms with Gasteiger partial charge < -0.3 is 10.2 Å². The number of halogens is 1. The summed E-state index contributed by atoms with van der Waals surface area (Å²) in [5.41, 5.74) is 2.36. The molecule has 1 N–H and O–H groups in total. The number of piperazine rings is 1. The van der Waals surface area contributed by atoms with Gasteiger partial charge in [-0.1, -0.05) is 42.5 Å². The fourth-order valence-electron chi connectivity index (χ4n) is 3.39. The number of benzene rings is 2. The Morgan fingerprint density at radius 1 is 0.857 bits per heavy atom. The SMILES string of the molecule is Fc1ccc(CNc2cc(N3CCN(Cc4ccccc4)CC3)ncn2)cc1. The lowest BCUT2D eigenvalue weighted by atomic mass is 10.2. The first kappa shape index (κ1) is 18.4. The molecule has 5 nitrogen and oxygen atoms in total. The van der Waals surface area contributed by atoms with Gasteiger partial charge in [-0.3, -0.25) is 4.90 Å². The molecule has 3 aromatic rings. The number of nitrogens with zero attached hydrogens (tertiary/aromatic N) is 4. The highest BCUT2D eigenvalue weighted by Gasteiger charge is 2.18. The smallest absolute Gasteiger partial charge is 0.134 e. The van der Waals surface area contributed by atoms with Crippen LogP contribution in [0.1, 0.15) is 11.1 Å². The number of aromatic nitrogens is 2. The third-order valence-electron chi connectivity index (χ3n) is 4.98. The van der Waals surface area contributed by atoms with Crippen LogP contribution in [0.3, 0.4) is 0 Å². The van der Waals surface area contributed by atoms with Gasteiger partial charge in [0, 0.05) is 45.3 Å². The molecule has 0 atom stereocenters. The van der Waals surface area contributed by atoms with E-state index in [4.69, 9.17) is 0 Å². The van der Waals surface area contributed by atoms with Crippen molar-refractivity contribution in [2.45, 2.75) is 13.1 Å². The summed E-state index contributed by atoms with van der Waals surface area (Å²) >= 11 is 0. The van der Waals surface area contributed by atoms with Crippen molar-refractivity contribution < 1.29 is 4.39 Å². The summed E-state index contributed by atoms with van der Waals surface area (Å²) in [6, 6.07) is 19.1. The molecule has 2 aromatic carbocycles. The minimum absolute atomic E-state index is 0.223. The van der Waals surface area contributed by atoms with Gasteiger partial charge in [-0.05, 0) is 23.3 Å². The van der Waals surface area contributed by atoms with Gasteiger partial charge in [0.25, 0.3) is 0 Å². The Bertz CT molecular complexity index is 877. The Balaban J connectivity index is 1.31. The van der Waals surface area contributed by atoms with Crippen LogP contribution in [0.2, 0.25) is 0 Å². The van der Waals surface area contributed by atoms with Crippen LogP contribution in [0.25, 0.3) is 0 Å². The number of hydrogen-bond donors (Lipinski definition) is 1. The van der Waals surface area contributed by atoms with Crippen LogP contribution < -0.4 is 10.2 Å². The predicted octanol–water partition coefficient (Wildman–Crippen LogP) is 3.55. The third-order valence-corrected chi connectivity index (χ3v) is 4.98. The molecule has 0 saturated carbocycles. The lowest BCUT2D eigenvalue weighted by Gasteiger charge is -2.35. The van der Waals surface area contributed by atoms with Crippen molar-refractivity contribution in [1.29, 1.82) is 0 Å². The summed E-state index contributed by atoms with van der Waals surface area (Å²) in [4.78, 5) is 13.5. The van der Waals surface area contributed by atoms with E-state index in [1.807, 2.05) is 6.07 Å². The zero-order valence-corrected chi connectivity index (χ0v) is 15.8. The van der Waals surface area contributed by atoms with Crippen LogP contribution in [0.4, 0.5) is 16.0 Å². The molecule has 0 bridgehead atoms. The van der Waals surface area contributed by atoms with Gasteiger partial charge in [0.15, 0.2) is 0 Å². The molecule has 0 radical (unpaired) electrons. The second kappa shape index (κ2) is 8.80. The van der Waals surface area contributed by atoms with E-state index in [9.17, 15) is 4.39 Å². The van der Waals surface area contributed by atoms with Crippen LogP contribution >= 0.6 is 0 Å². The van der Waals surface area contributed by atoms with Gasteiger partial charge in [0.05, 0.1) is 0 Å². The molecule has 0 spiro atoms. The van der Waals surface area contributed by atoms with Crippen LogP contribution in [0.5, 0.6) is 0 Å². The number of anilines is 2. The van der Waals surface area contributed by atoms with E-state index < -0.39 is 0 Å². The molecule has 4 rings (SSSR count). The van der Waals surface area contributed by atoms with Crippen molar-refractivity contribution in [3.63, 3.8) is 0 Å². The predicted molar refractivity (Wildman–Crippen MR) is 110 cm³/mol. The Morgan fingerprint density at radius 3 is 2.36 bits per heavy atom. The van der Waals surface area contributed by atoms with E-state index in [0.29, 0.717) is 6.54 Å². The molecule has 1 aliphatic rings. The molecule has 2 heterocycles. The summed E-state index contributed by atoms with van der Waals surface area (Å²) in [5, 5.41) is 3.29. The Kier molecular flexibility index (Phi) is 5.77. The van der Waals surface area contributed by atoms with Crippen LogP contribution in [0, 0.1) is 5.82 Å². The molecular formula is C22H24FN5. The van der Waals surface area contributed by atoms with Crippen molar-refractivity contribution in [2.24, 2.45) is 0 Å². The fraction of sp³-hybridized carbons (Fsp3) is 0.273. The maximum Gasteiger partial charge on any atom is 0.134 e. The molecule has 0 amide bonds. The first-order valence-electron chi connectivity index (χ1n) is 9.58. The largest absolute Gasteiger partial charge is 0.366 e. The van der Waals surface area contributed by atoms with E-state index in [1.54, 1.807) is 18.5 Å². The van der Waals surface area contributed by atoms with Gasteiger partial charge >= 0.3 is 0 Å². The van der Waals surface area contributed by atoms with Crippen LogP contribution in [0.15, 0.2) is 67.0 Å². The summed E-state index contributed by atoms with van der Waals surface area (Å²) in [6.45, 7) is 5.50. The van der Waals surface area contributed by atoms with E-state index in [0.717, 1.165) is 49.9 Å². The molecule has 1 fully saturated rings. The van der Waals surface area contributed by atoms with Gasteiger partial charge in [-0.15, -0.1) is 0 Å². The lowest BCUT2D eigenvalue weighted by Crippen LogP contribution is -2.46. The highest BCUT2D eigenvalue weighted by Crippen LogP contribution is 2.18. The minimum Gasteiger partial charge on any atom is -0.366 e. The average Bonchev–Trinajstić information content (AvgIpc) is 2.75. The van der Waals surface area contributed by atoms with Crippen molar-refractivity contribution in [3.05, 3.63) is 83.9 Å².